The van der Waals surface area contributed by atoms with Gasteiger partial charge >= 0.3 is 0 Å². The third-order valence-electron chi connectivity index (χ3n) is 2.70. The third kappa shape index (κ3) is 9.57. The summed E-state index contributed by atoms with van der Waals surface area (Å²) in [6.07, 6.45) is 2.59. The van der Waals surface area contributed by atoms with Crippen molar-refractivity contribution in [3.05, 3.63) is 0 Å². The second kappa shape index (κ2) is 9.85. The van der Waals surface area contributed by atoms with E-state index in [1.807, 2.05) is 0 Å². The van der Waals surface area contributed by atoms with E-state index in [1.54, 1.807) is 0 Å². The van der Waals surface area contributed by atoms with Crippen LogP contribution in [0.1, 0.15) is 26.7 Å². The molecule has 0 aliphatic carbocycles. The summed E-state index contributed by atoms with van der Waals surface area (Å²) in [6, 6.07) is 0. The van der Waals surface area contributed by atoms with Crippen molar-refractivity contribution in [3.63, 3.8) is 0 Å². The first-order valence-corrected chi connectivity index (χ1v) is 7.55. The Morgan fingerprint density at radius 3 is 2.27 bits per heavy atom. The van der Waals surface area contributed by atoms with Gasteiger partial charge in [0, 0.05) is 17.5 Å². The highest BCUT2D eigenvalue weighted by Crippen LogP contribution is 2.05. The van der Waals surface area contributed by atoms with E-state index >= 15 is 0 Å². The lowest BCUT2D eigenvalue weighted by Gasteiger charge is -2.22. The molecule has 0 saturated heterocycles. The Bertz CT molecular complexity index is 142. The second-order valence-corrected chi connectivity index (χ2v) is 5.73. The zero-order chi connectivity index (χ0) is 11.7. The van der Waals surface area contributed by atoms with Crippen molar-refractivity contribution < 1.29 is 0 Å². The average molecular weight is 326 g/mol. The van der Waals surface area contributed by atoms with Crippen molar-refractivity contribution in [3.8, 4) is 0 Å². The van der Waals surface area contributed by atoms with E-state index in [4.69, 9.17) is 0 Å². The van der Waals surface area contributed by atoms with Crippen LogP contribution in [0.15, 0.2) is 0 Å². The maximum Gasteiger partial charge on any atom is 0.0123 e. The van der Waals surface area contributed by atoms with Gasteiger partial charge in [-0.05, 0) is 45.9 Å². The Labute approximate surface area is 110 Å². The topological polar surface area (TPSA) is 6.48 Å². The Morgan fingerprint density at radius 1 is 1.07 bits per heavy atom. The summed E-state index contributed by atoms with van der Waals surface area (Å²) >= 11 is 2.44. The van der Waals surface area contributed by atoms with E-state index < -0.39 is 0 Å². The van der Waals surface area contributed by atoms with Crippen LogP contribution in [0.25, 0.3) is 0 Å². The minimum atomic E-state index is 0.817. The molecule has 0 heterocycles. The molecule has 0 spiro atoms. The summed E-state index contributed by atoms with van der Waals surface area (Å²) in [5, 5.41) is 0. The molecule has 0 rings (SSSR count). The standard InChI is InChI=1S/C12H27IN2/c1-5-8-14(3)9-6-12(2)11-15(4)10-7-13/h12H,5-11H2,1-4H3/t12-/m0/s1. The molecule has 0 bridgehead atoms. The molecular weight excluding hydrogens is 299 g/mol. The van der Waals surface area contributed by atoms with Crippen LogP contribution in [0, 0.1) is 5.92 Å². The highest BCUT2D eigenvalue weighted by molar-refractivity contribution is 14.1. The Hall–Kier alpha value is 0.650. The molecule has 2 nitrogen and oxygen atoms in total. The van der Waals surface area contributed by atoms with Crippen molar-refractivity contribution in [2.75, 3.05) is 44.7 Å². The van der Waals surface area contributed by atoms with Crippen LogP contribution in [0.2, 0.25) is 0 Å². The molecule has 0 N–H and O–H groups in total. The lowest BCUT2D eigenvalue weighted by atomic mass is 10.1. The van der Waals surface area contributed by atoms with Crippen LogP contribution in [0.3, 0.4) is 0 Å². The summed E-state index contributed by atoms with van der Waals surface area (Å²) in [7, 11) is 4.45. The largest absolute Gasteiger partial charge is 0.306 e. The van der Waals surface area contributed by atoms with Gasteiger partial charge in [-0.25, -0.2) is 0 Å². The molecule has 15 heavy (non-hydrogen) atoms. The molecule has 0 saturated carbocycles. The summed E-state index contributed by atoms with van der Waals surface area (Å²) in [6.45, 7) is 9.54. The predicted molar refractivity (Wildman–Crippen MR) is 78.0 cm³/mol. The first-order valence-electron chi connectivity index (χ1n) is 6.03. The number of hydrogen-bond acceptors (Lipinski definition) is 2. The molecule has 92 valence electrons. The number of nitrogens with zero attached hydrogens (tertiary/aromatic N) is 2. The van der Waals surface area contributed by atoms with Gasteiger partial charge in [-0.15, -0.1) is 0 Å². The predicted octanol–water partition coefficient (Wildman–Crippen LogP) is 2.72. The van der Waals surface area contributed by atoms with Gasteiger partial charge in [-0.2, -0.15) is 0 Å². The highest BCUT2D eigenvalue weighted by Gasteiger charge is 2.07. The van der Waals surface area contributed by atoms with E-state index in [0.717, 1.165) is 5.92 Å². The van der Waals surface area contributed by atoms with Crippen LogP contribution in [0.4, 0.5) is 0 Å². The minimum absolute atomic E-state index is 0.817. The first kappa shape index (κ1) is 15.7. The van der Waals surface area contributed by atoms with E-state index in [0.29, 0.717) is 0 Å². The first-order chi connectivity index (χ1) is 7.10. The van der Waals surface area contributed by atoms with Crippen molar-refractivity contribution in [2.24, 2.45) is 5.92 Å². The number of alkyl halides is 1. The minimum Gasteiger partial charge on any atom is -0.306 e. The van der Waals surface area contributed by atoms with Crippen molar-refractivity contribution in [1.29, 1.82) is 0 Å². The van der Waals surface area contributed by atoms with Crippen LogP contribution >= 0.6 is 22.6 Å². The lowest BCUT2D eigenvalue weighted by molar-refractivity contribution is 0.257. The monoisotopic (exact) mass is 326 g/mol. The summed E-state index contributed by atoms with van der Waals surface area (Å²) < 4.78 is 1.23. The zero-order valence-corrected chi connectivity index (χ0v) is 13.0. The van der Waals surface area contributed by atoms with Gasteiger partial charge in [0.1, 0.15) is 0 Å². The number of hydrogen-bond donors (Lipinski definition) is 0. The van der Waals surface area contributed by atoms with E-state index in [-0.39, 0.29) is 0 Å². The van der Waals surface area contributed by atoms with Crippen LogP contribution < -0.4 is 0 Å². The average Bonchev–Trinajstić information content (AvgIpc) is 2.15. The molecule has 0 aromatic heterocycles. The molecular formula is C12H27IN2. The molecule has 1 atom stereocenters. The van der Waals surface area contributed by atoms with E-state index in [2.05, 4.69) is 60.3 Å². The summed E-state index contributed by atoms with van der Waals surface area (Å²) in [4.78, 5) is 4.88. The fraction of sp³-hybridized carbons (Fsp3) is 1.00. The van der Waals surface area contributed by atoms with Gasteiger partial charge in [-0.1, -0.05) is 36.4 Å². The molecule has 0 aliphatic rings. The fourth-order valence-corrected chi connectivity index (χ4v) is 2.62. The Kier molecular flexibility index (Phi) is 10.3. The van der Waals surface area contributed by atoms with Gasteiger partial charge in [0.2, 0.25) is 0 Å². The van der Waals surface area contributed by atoms with Crippen LogP contribution in [0.5, 0.6) is 0 Å². The molecule has 3 heteroatoms. The Balaban J connectivity index is 3.51. The molecule has 0 radical (unpaired) electrons. The normalized spacial score (nSPS) is 13.8. The quantitative estimate of drug-likeness (QED) is 0.475. The summed E-state index contributed by atoms with van der Waals surface area (Å²) in [5.41, 5.74) is 0. The second-order valence-electron chi connectivity index (χ2n) is 4.65. The molecule has 0 aliphatic heterocycles. The lowest BCUT2D eigenvalue weighted by Crippen LogP contribution is -2.29. The molecule has 0 aromatic rings. The maximum absolute atomic E-state index is 2.44. The van der Waals surface area contributed by atoms with Gasteiger partial charge in [0.15, 0.2) is 0 Å². The van der Waals surface area contributed by atoms with Gasteiger partial charge in [0.25, 0.3) is 0 Å². The van der Waals surface area contributed by atoms with Crippen molar-refractivity contribution in [1.82, 2.24) is 9.80 Å². The number of halogens is 1. The van der Waals surface area contributed by atoms with E-state index in [1.165, 1.54) is 43.4 Å². The van der Waals surface area contributed by atoms with Crippen molar-refractivity contribution in [2.45, 2.75) is 26.7 Å². The van der Waals surface area contributed by atoms with Crippen molar-refractivity contribution >= 4 is 22.6 Å². The molecule has 0 unspecified atom stereocenters. The zero-order valence-electron chi connectivity index (χ0n) is 10.8. The fourth-order valence-electron chi connectivity index (χ4n) is 1.79. The van der Waals surface area contributed by atoms with Gasteiger partial charge in [0.05, 0.1) is 0 Å². The number of rotatable bonds is 9. The third-order valence-corrected chi connectivity index (χ3v) is 3.18. The maximum atomic E-state index is 2.44. The van der Waals surface area contributed by atoms with Crippen LogP contribution in [-0.2, 0) is 0 Å². The van der Waals surface area contributed by atoms with Crippen LogP contribution in [-0.4, -0.2) is 54.5 Å². The van der Waals surface area contributed by atoms with Gasteiger partial charge in [-0.3, -0.25) is 0 Å². The molecule has 0 amide bonds. The smallest absolute Gasteiger partial charge is 0.0123 e. The Morgan fingerprint density at radius 2 is 1.73 bits per heavy atom. The molecule has 0 fully saturated rings. The SMILES string of the molecule is CCCN(C)CC[C@H](C)CN(C)CCI. The molecule has 0 aromatic carbocycles. The highest BCUT2D eigenvalue weighted by atomic mass is 127. The summed E-state index contributed by atoms with van der Waals surface area (Å²) in [5.74, 6) is 0.817. The van der Waals surface area contributed by atoms with Gasteiger partial charge < -0.3 is 9.80 Å². The van der Waals surface area contributed by atoms with E-state index in [9.17, 15) is 0 Å².